The molecule has 0 spiro atoms. The number of nitrogens with zero attached hydrogens (tertiary/aromatic N) is 2. The van der Waals surface area contributed by atoms with E-state index in [-0.39, 0.29) is 34.2 Å². The molecule has 4 rings (SSSR count). The fraction of sp³-hybridized carbons (Fsp3) is 0.952. The number of rotatable bonds is 1. The molecule has 0 radical (unpaired) electrons. The van der Waals surface area contributed by atoms with Crippen LogP contribution in [0.15, 0.2) is 5.18 Å². The second-order valence-corrected chi connectivity index (χ2v) is 10.4. The molecule has 0 aromatic rings. The summed E-state index contributed by atoms with van der Waals surface area (Å²) in [5, 5.41) is 13.4. The molecule has 0 aliphatic heterocycles. The number of nitroso groups, excluding NO2 is 1. The summed E-state index contributed by atoms with van der Waals surface area (Å²) in [6.45, 7) is 6.99. The highest BCUT2D eigenvalue weighted by molar-refractivity contribution is 5.23. The Morgan fingerprint density at radius 3 is 2.52 bits per heavy atom. The van der Waals surface area contributed by atoms with Crippen LogP contribution < -0.4 is 5.73 Å². The van der Waals surface area contributed by atoms with Crippen LogP contribution in [0.5, 0.6) is 0 Å². The van der Waals surface area contributed by atoms with Crippen molar-refractivity contribution in [1.29, 1.82) is 5.26 Å². The zero-order chi connectivity index (χ0) is 18.0. The predicted octanol–water partition coefficient (Wildman–Crippen LogP) is 4.63. The van der Waals surface area contributed by atoms with E-state index in [2.05, 4.69) is 32.0 Å². The van der Waals surface area contributed by atoms with Crippen molar-refractivity contribution in [2.24, 2.45) is 51.3 Å². The lowest BCUT2D eigenvalue weighted by molar-refractivity contribution is -0.138. The van der Waals surface area contributed by atoms with Crippen LogP contribution in [-0.2, 0) is 0 Å². The lowest BCUT2D eigenvalue weighted by atomic mass is 9.40. The minimum Gasteiger partial charge on any atom is -0.324 e. The maximum absolute atomic E-state index is 12.0. The van der Waals surface area contributed by atoms with Crippen molar-refractivity contribution in [2.75, 3.05) is 0 Å². The summed E-state index contributed by atoms with van der Waals surface area (Å²) in [5.74, 6) is 1.97. The number of nitriles is 1. The Morgan fingerprint density at radius 2 is 1.84 bits per heavy atom. The van der Waals surface area contributed by atoms with Crippen molar-refractivity contribution in [2.45, 2.75) is 83.7 Å². The highest BCUT2D eigenvalue weighted by atomic mass is 16.3. The highest BCUT2D eigenvalue weighted by Gasteiger charge is 2.69. The van der Waals surface area contributed by atoms with E-state index in [1.54, 1.807) is 0 Å². The molecule has 4 aliphatic rings. The van der Waals surface area contributed by atoms with Crippen molar-refractivity contribution in [1.82, 2.24) is 0 Å². The number of nitrogens with two attached hydrogens (primary N) is 1. The Hall–Kier alpha value is -0.950. The first-order valence-corrected chi connectivity index (χ1v) is 10.3. The fourth-order valence-electron chi connectivity index (χ4n) is 8.35. The van der Waals surface area contributed by atoms with Crippen LogP contribution in [0.25, 0.3) is 0 Å². The third kappa shape index (κ3) is 2.14. The Morgan fingerprint density at radius 1 is 1.08 bits per heavy atom. The average Bonchev–Trinajstić information content (AvgIpc) is 2.90. The summed E-state index contributed by atoms with van der Waals surface area (Å²) in [7, 11) is 0. The molecule has 9 atom stereocenters. The zero-order valence-corrected chi connectivity index (χ0v) is 16.0. The molecule has 4 aliphatic carbocycles. The lowest BCUT2D eigenvalue weighted by Gasteiger charge is -2.66. The number of hydrogen-bond acceptors (Lipinski definition) is 4. The molecular weight excluding hydrogens is 310 g/mol. The zero-order valence-electron chi connectivity index (χ0n) is 16.0. The molecule has 4 saturated carbocycles. The van der Waals surface area contributed by atoms with Crippen molar-refractivity contribution in [3.05, 3.63) is 4.91 Å². The molecule has 25 heavy (non-hydrogen) atoms. The van der Waals surface area contributed by atoms with Crippen LogP contribution in [0.3, 0.4) is 0 Å². The van der Waals surface area contributed by atoms with Crippen LogP contribution in [0.4, 0.5) is 0 Å². The second-order valence-electron chi connectivity index (χ2n) is 10.4. The van der Waals surface area contributed by atoms with Crippen molar-refractivity contribution in [3.8, 4) is 6.07 Å². The van der Waals surface area contributed by atoms with Gasteiger partial charge in [-0.05, 0) is 73.5 Å². The molecule has 0 heterocycles. The molecular formula is C21H33N3O. The van der Waals surface area contributed by atoms with E-state index in [1.165, 1.54) is 25.7 Å². The maximum Gasteiger partial charge on any atom is 0.0976 e. The van der Waals surface area contributed by atoms with Crippen molar-refractivity contribution >= 4 is 0 Å². The molecule has 4 fully saturated rings. The average molecular weight is 344 g/mol. The van der Waals surface area contributed by atoms with Gasteiger partial charge >= 0.3 is 0 Å². The molecule has 0 amide bonds. The van der Waals surface area contributed by atoms with Gasteiger partial charge in [-0.3, -0.25) is 0 Å². The minimum atomic E-state index is -0.320. The lowest BCUT2D eigenvalue weighted by Crippen LogP contribution is -2.71. The van der Waals surface area contributed by atoms with E-state index in [0.717, 1.165) is 25.7 Å². The van der Waals surface area contributed by atoms with E-state index >= 15 is 0 Å². The third-order valence-electron chi connectivity index (χ3n) is 9.25. The van der Waals surface area contributed by atoms with Gasteiger partial charge in [-0.15, -0.1) is 0 Å². The maximum atomic E-state index is 12.0. The van der Waals surface area contributed by atoms with Crippen LogP contribution >= 0.6 is 0 Å². The van der Waals surface area contributed by atoms with Gasteiger partial charge in [-0.2, -0.15) is 10.2 Å². The highest BCUT2D eigenvalue weighted by Crippen LogP contribution is 2.68. The summed E-state index contributed by atoms with van der Waals surface area (Å²) in [6, 6.07) is 2.31. The molecule has 0 bridgehead atoms. The largest absolute Gasteiger partial charge is 0.324 e. The van der Waals surface area contributed by atoms with E-state index in [4.69, 9.17) is 5.73 Å². The molecule has 0 saturated heterocycles. The number of hydrogen-bond donors (Lipinski definition) is 1. The monoisotopic (exact) mass is 343 g/mol. The quantitative estimate of drug-likeness (QED) is 0.705. The third-order valence-corrected chi connectivity index (χ3v) is 9.25. The first kappa shape index (κ1) is 17.5. The smallest absolute Gasteiger partial charge is 0.0976 e. The Balaban J connectivity index is 1.80. The SMILES string of the molecule is CC1CCC2CCC3(N)C4CCC(C#N)C4(C)CC(N=O)C3C2(C)C1. The Kier molecular flexibility index (Phi) is 3.86. The fourth-order valence-corrected chi connectivity index (χ4v) is 8.35. The van der Waals surface area contributed by atoms with Gasteiger partial charge in [0.2, 0.25) is 0 Å². The van der Waals surface area contributed by atoms with Gasteiger partial charge in [0.05, 0.1) is 18.0 Å². The molecule has 138 valence electrons. The van der Waals surface area contributed by atoms with Crippen LogP contribution in [0.1, 0.15) is 72.1 Å². The molecule has 9 unspecified atom stereocenters. The van der Waals surface area contributed by atoms with Gasteiger partial charge in [0.1, 0.15) is 0 Å². The van der Waals surface area contributed by atoms with Gasteiger partial charge in [-0.25, -0.2) is 0 Å². The summed E-state index contributed by atoms with van der Waals surface area (Å²) >= 11 is 0. The van der Waals surface area contributed by atoms with Crippen LogP contribution in [0.2, 0.25) is 0 Å². The van der Waals surface area contributed by atoms with Crippen molar-refractivity contribution in [3.63, 3.8) is 0 Å². The van der Waals surface area contributed by atoms with E-state index in [0.29, 0.717) is 17.8 Å². The molecule has 4 nitrogen and oxygen atoms in total. The summed E-state index contributed by atoms with van der Waals surface area (Å²) < 4.78 is 0. The standard InChI is InChI=1S/C21H33N3O/c1-13-4-5-14-8-9-21(23)17-7-6-15(12-22)19(17,2)11-16(24-25)18(21)20(14,3)10-13/h13-18H,4-11,23H2,1-3H3. The van der Waals surface area contributed by atoms with Crippen molar-refractivity contribution < 1.29 is 0 Å². The predicted molar refractivity (Wildman–Crippen MR) is 98.4 cm³/mol. The van der Waals surface area contributed by atoms with Crippen LogP contribution in [0, 0.1) is 56.7 Å². The normalized spacial score (nSPS) is 57.7. The minimum absolute atomic E-state index is 0.0268. The first-order valence-electron chi connectivity index (χ1n) is 10.3. The van der Waals surface area contributed by atoms with Gasteiger partial charge in [0.25, 0.3) is 0 Å². The van der Waals surface area contributed by atoms with Gasteiger partial charge in [0.15, 0.2) is 0 Å². The van der Waals surface area contributed by atoms with Gasteiger partial charge < -0.3 is 5.73 Å². The summed E-state index contributed by atoms with van der Waals surface area (Å²) in [5.41, 5.74) is 6.92. The number of fused-ring (bicyclic) bond motifs is 5. The topological polar surface area (TPSA) is 79.2 Å². The molecule has 0 aromatic carbocycles. The molecule has 4 heteroatoms. The molecule has 2 N–H and O–H groups in total. The van der Waals surface area contributed by atoms with E-state index in [1.807, 2.05) is 0 Å². The second kappa shape index (κ2) is 5.52. The van der Waals surface area contributed by atoms with Gasteiger partial charge in [-0.1, -0.05) is 32.4 Å². The van der Waals surface area contributed by atoms with E-state index < -0.39 is 0 Å². The van der Waals surface area contributed by atoms with Gasteiger partial charge in [0, 0.05) is 11.5 Å². The summed E-state index contributed by atoms with van der Waals surface area (Å²) in [4.78, 5) is 12.0. The Labute approximate surface area is 151 Å². The van der Waals surface area contributed by atoms with E-state index in [9.17, 15) is 10.2 Å². The summed E-state index contributed by atoms with van der Waals surface area (Å²) in [6.07, 6.45) is 8.70. The first-order chi connectivity index (χ1) is 11.8. The molecule has 0 aromatic heterocycles. The Bertz CT molecular complexity index is 615. The van der Waals surface area contributed by atoms with Crippen LogP contribution in [-0.4, -0.2) is 11.6 Å².